The highest BCUT2D eigenvalue weighted by molar-refractivity contribution is 6.35. The van der Waals surface area contributed by atoms with Gasteiger partial charge in [-0.3, -0.25) is 4.79 Å². The molecular formula is C9H6ClNO2. The molecule has 0 saturated heterocycles. The fourth-order valence-corrected chi connectivity index (χ4v) is 1.43. The van der Waals surface area contributed by atoms with Crippen molar-refractivity contribution < 1.29 is 9.21 Å². The maximum atomic E-state index is 10.9. The van der Waals surface area contributed by atoms with Crippen LogP contribution in [0.15, 0.2) is 28.9 Å². The highest BCUT2D eigenvalue weighted by Gasteiger charge is 2.11. The SMILES string of the molecule is NC(=O)c1ccc(Cl)c2ccoc12. The molecule has 1 aromatic carbocycles. The van der Waals surface area contributed by atoms with Gasteiger partial charge in [-0.2, -0.15) is 0 Å². The maximum absolute atomic E-state index is 10.9. The van der Waals surface area contributed by atoms with Gasteiger partial charge in [0.2, 0.25) is 0 Å². The number of hydrogen-bond donors (Lipinski definition) is 1. The van der Waals surface area contributed by atoms with E-state index in [1.54, 1.807) is 18.2 Å². The highest BCUT2D eigenvalue weighted by atomic mass is 35.5. The lowest BCUT2D eigenvalue weighted by Crippen LogP contribution is -2.10. The van der Waals surface area contributed by atoms with Crippen molar-refractivity contribution in [3.63, 3.8) is 0 Å². The number of amides is 1. The molecule has 13 heavy (non-hydrogen) atoms. The molecule has 2 N–H and O–H groups in total. The first kappa shape index (κ1) is 8.13. The molecule has 0 spiro atoms. The molecule has 0 aliphatic carbocycles. The standard InChI is InChI=1S/C9H6ClNO2/c10-7-2-1-6(9(11)12)8-5(7)3-4-13-8/h1-4H,(H2,11,12). The molecule has 0 bridgehead atoms. The van der Waals surface area contributed by atoms with Gasteiger partial charge in [0.1, 0.15) is 5.58 Å². The number of nitrogens with two attached hydrogens (primary N) is 1. The fraction of sp³-hybridized carbons (Fsp3) is 0. The van der Waals surface area contributed by atoms with Crippen molar-refractivity contribution in [2.24, 2.45) is 5.73 Å². The van der Waals surface area contributed by atoms with Crippen molar-refractivity contribution in [2.45, 2.75) is 0 Å². The van der Waals surface area contributed by atoms with E-state index in [9.17, 15) is 4.79 Å². The van der Waals surface area contributed by atoms with Crippen molar-refractivity contribution >= 4 is 28.5 Å². The Kier molecular flexibility index (Phi) is 1.74. The average Bonchev–Trinajstić information content (AvgIpc) is 2.53. The van der Waals surface area contributed by atoms with Crippen LogP contribution in [0.25, 0.3) is 11.0 Å². The predicted octanol–water partition coefficient (Wildman–Crippen LogP) is 2.19. The Labute approximate surface area is 79.1 Å². The summed E-state index contributed by atoms with van der Waals surface area (Å²) in [7, 11) is 0. The van der Waals surface area contributed by atoms with Crippen molar-refractivity contribution in [3.8, 4) is 0 Å². The molecule has 0 aliphatic heterocycles. The topological polar surface area (TPSA) is 56.2 Å². The summed E-state index contributed by atoms with van der Waals surface area (Å²) in [5.41, 5.74) is 5.94. The predicted molar refractivity (Wildman–Crippen MR) is 49.7 cm³/mol. The summed E-state index contributed by atoms with van der Waals surface area (Å²) in [5.74, 6) is -0.517. The number of benzene rings is 1. The molecule has 2 rings (SSSR count). The second-order valence-electron chi connectivity index (χ2n) is 2.62. The van der Waals surface area contributed by atoms with E-state index in [1.807, 2.05) is 0 Å². The van der Waals surface area contributed by atoms with Crippen molar-refractivity contribution in [1.82, 2.24) is 0 Å². The molecular weight excluding hydrogens is 190 g/mol. The normalized spacial score (nSPS) is 10.5. The molecule has 0 atom stereocenters. The quantitative estimate of drug-likeness (QED) is 0.758. The minimum atomic E-state index is -0.517. The van der Waals surface area contributed by atoms with E-state index in [0.717, 1.165) is 0 Å². The minimum Gasteiger partial charge on any atom is -0.463 e. The van der Waals surface area contributed by atoms with E-state index in [-0.39, 0.29) is 0 Å². The molecule has 0 radical (unpaired) electrons. The number of rotatable bonds is 1. The average molecular weight is 196 g/mol. The lowest BCUT2D eigenvalue weighted by Gasteiger charge is -1.97. The molecule has 3 nitrogen and oxygen atoms in total. The number of halogens is 1. The van der Waals surface area contributed by atoms with Crippen LogP contribution < -0.4 is 5.73 Å². The van der Waals surface area contributed by atoms with Crippen molar-refractivity contribution in [2.75, 3.05) is 0 Å². The zero-order valence-corrected chi connectivity index (χ0v) is 7.34. The summed E-state index contributed by atoms with van der Waals surface area (Å²) in [6.07, 6.45) is 1.48. The van der Waals surface area contributed by atoms with Gasteiger partial charge < -0.3 is 10.2 Å². The first-order valence-electron chi connectivity index (χ1n) is 3.65. The Morgan fingerprint density at radius 2 is 2.15 bits per heavy atom. The van der Waals surface area contributed by atoms with Gasteiger partial charge in [-0.15, -0.1) is 0 Å². The number of furan rings is 1. The van der Waals surface area contributed by atoms with Crippen LogP contribution in [-0.4, -0.2) is 5.91 Å². The van der Waals surface area contributed by atoms with Gasteiger partial charge in [-0.25, -0.2) is 0 Å². The van der Waals surface area contributed by atoms with Crippen LogP contribution in [-0.2, 0) is 0 Å². The summed E-state index contributed by atoms with van der Waals surface area (Å²) in [6.45, 7) is 0. The first-order chi connectivity index (χ1) is 6.20. The number of carbonyl (C=O) groups is 1. The third kappa shape index (κ3) is 1.17. The van der Waals surface area contributed by atoms with E-state index in [4.69, 9.17) is 21.8 Å². The molecule has 4 heteroatoms. The molecule has 1 aromatic heterocycles. The van der Waals surface area contributed by atoms with Crippen LogP contribution in [0.4, 0.5) is 0 Å². The van der Waals surface area contributed by atoms with E-state index < -0.39 is 5.91 Å². The number of carbonyl (C=O) groups excluding carboxylic acids is 1. The largest absolute Gasteiger partial charge is 0.463 e. The summed E-state index contributed by atoms with van der Waals surface area (Å²) >= 11 is 5.86. The Hall–Kier alpha value is -1.48. The van der Waals surface area contributed by atoms with Crippen molar-refractivity contribution in [1.29, 1.82) is 0 Å². The maximum Gasteiger partial charge on any atom is 0.252 e. The smallest absolute Gasteiger partial charge is 0.252 e. The molecule has 66 valence electrons. The number of fused-ring (bicyclic) bond motifs is 1. The van der Waals surface area contributed by atoms with Crippen LogP contribution in [0, 0.1) is 0 Å². The van der Waals surface area contributed by atoms with Gasteiger partial charge in [0.05, 0.1) is 16.8 Å². The van der Waals surface area contributed by atoms with Crippen LogP contribution in [0.3, 0.4) is 0 Å². The molecule has 0 fully saturated rings. The first-order valence-corrected chi connectivity index (χ1v) is 4.03. The Morgan fingerprint density at radius 1 is 1.38 bits per heavy atom. The van der Waals surface area contributed by atoms with Gasteiger partial charge in [0, 0.05) is 5.39 Å². The Bertz CT molecular complexity index is 475. The molecule has 0 unspecified atom stereocenters. The minimum absolute atomic E-state index is 0.351. The van der Waals surface area contributed by atoms with Crippen LogP contribution >= 0.6 is 11.6 Å². The van der Waals surface area contributed by atoms with E-state index in [0.29, 0.717) is 21.6 Å². The molecule has 0 aliphatic rings. The van der Waals surface area contributed by atoms with Crippen LogP contribution in [0.1, 0.15) is 10.4 Å². The third-order valence-corrected chi connectivity index (χ3v) is 2.16. The second-order valence-corrected chi connectivity index (χ2v) is 3.03. The third-order valence-electron chi connectivity index (χ3n) is 1.83. The molecule has 0 saturated carbocycles. The lowest BCUT2D eigenvalue weighted by atomic mass is 10.1. The van der Waals surface area contributed by atoms with Gasteiger partial charge in [0.25, 0.3) is 5.91 Å². The van der Waals surface area contributed by atoms with Crippen LogP contribution in [0.2, 0.25) is 5.02 Å². The Balaban J connectivity index is 2.86. The zero-order valence-electron chi connectivity index (χ0n) is 6.58. The summed E-state index contributed by atoms with van der Waals surface area (Å²) in [6, 6.07) is 4.88. The summed E-state index contributed by atoms with van der Waals surface area (Å²) < 4.78 is 5.11. The second kappa shape index (κ2) is 2.78. The molecule has 2 aromatic rings. The van der Waals surface area contributed by atoms with Gasteiger partial charge in [-0.05, 0) is 18.2 Å². The van der Waals surface area contributed by atoms with Gasteiger partial charge in [-0.1, -0.05) is 11.6 Å². The van der Waals surface area contributed by atoms with Gasteiger partial charge >= 0.3 is 0 Å². The lowest BCUT2D eigenvalue weighted by molar-refractivity contribution is 0.100. The summed E-state index contributed by atoms with van der Waals surface area (Å²) in [5, 5.41) is 1.26. The highest BCUT2D eigenvalue weighted by Crippen LogP contribution is 2.27. The van der Waals surface area contributed by atoms with E-state index >= 15 is 0 Å². The van der Waals surface area contributed by atoms with Crippen molar-refractivity contribution in [3.05, 3.63) is 35.0 Å². The monoisotopic (exact) mass is 195 g/mol. The van der Waals surface area contributed by atoms with Crippen LogP contribution in [0.5, 0.6) is 0 Å². The summed E-state index contributed by atoms with van der Waals surface area (Å²) in [4.78, 5) is 10.9. The van der Waals surface area contributed by atoms with E-state index in [1.165, 1.54) is 6.26 Å². The number of hydrogen-bond acceptors (Lipinski definition) is 2. The fourth-order valence-electron chi connectivity index (χ4n) is 1.22. The Morgan fingerprint density at radius 3 is 2.85 bits per heavy atom. The molecule has 1 heterocycles. The van der Waals surface area contributed by atoms with E-state index in [2.05, 4.69) is 0 Å². The zero-order chi connectivity index (χ0) is 9.42. The number of primary amides is 1. The molecule has 1 amide bonds. The van der Waals surface area contributed by atoms with Gasteiger partial charge in [0.15, 0.2) is 0 Å².